The first kappa shape index (κ1) is 16.8. The smallest absolute Gasteiger partial charge is 0.228 e. The van der Waals surface area contributed by atoms with Crippen molar-refractivity contribution in [1.29, 1.82) is 0 Å². The van der Waals surface area contributed by atoms with Crippen molar-refractivity contribution in [3.05, 3.63) is 59.1 Å². The van der Waals surface area contributed by atoms with Gasteiger partial charge in [-0.1, -0.05) is 23.7 Å². The Morgan fingerprint density at radius 1 is 1.17 bits per heavy atom. The highest BCUT2D eigenvalue weighted by atomic mass is 35.5. The van der Waals surface area contributed by atoms with Gasteiger partial charge in [-0.05, 0) is 54.8 Å². The molecule has 5 heteroatoms. The molecule has 1 atom stereocenters. The number of hydrogen-bond acceptors (Lipinski definition) is 3. The van der Waals surface area contributed by atoms with Gasteiger partial charge in [0, 0.05) is 17.3 Å². The number of nitrogens with one attached hydrogen (secondary N) is 1. The number of rotatable bonds is 6. The number of carbonyl (C=O) groups is 1. The fourth-order valence-corrected chi connectivity index (χ4v) is 2.72. The van der Waals surface area contributed by atoms with Crippen LogP contribution >= 0.6 is 11.6 Å². The zero-order chi connectivity index (χ0) is 16.8. The lowest BCUT2D eigenvalue weighted by atomic mass is 10.1. The second kappa shape index (κ2) is 8.18. The molecule has 126 valence electrons. The first-order chi connectivity index (χ1) is 11.7. The lowest BCUT2D eigenvalue weighted by molar-refractivity contribution is -0.115. The Hall–Kier alpha value is -2.04. The third-order valence-electron chi connectivity index (χ3n) is 3.88. The van der Waals surface area contributed by atoms with Gasteiger partial charge in [-0.25, -0.2) is 0 Å². The van der Waals surface area contributed by atoms with Crippen LogP contribution in [-0.2, 0) is 16.0 Å². The summed E-state index contributed by atoms with van der Waals surface area (Å²) < 4.78 is 11.2. The van der Waals surface area contributed by atoms with E-state index in [1.54, 1.807) is 12.1 Å². The fourth-order valence-electron chi connectivity index (χ4n) is 2.59. The van der Waals surface area contributed by atoms with Crippen molar-refractivity contribution >= 4 is 23.2 Å². The first-order valence-corrected chi connectivity index (χ1v) is 8.45. The summed E-state index contributed by atoms with van der Waals surface area (Å²) >= 11 is 5.84. The SMILES string of the molecule is O=C(Cc1ccc(Cl)cc1)Nc1ccc(OCC2CCCO2)cc1. The highest BCUT2D eigenvalue weighted by Gasteiger charge is 2.15. The molecule has 1 aliphatic rings. The number of amides is 1. The van der Waals surface area contributed by atoms with Crippen molar-refractivity contribution in [1.82, 2.24) is 0 Å². The van der Waals surface area contributed by atoms with Crippen LogP contribution in [0.15, 0.2) is 48.5 Å². The van der Waals surface area contributed by atoms with Crippen LogP contribution in [0.3, 0.4) is 0 Å². The molecule has 0 radical (unpaired) electrons. The van der Waals surface area contributed by atoms with E-state index in [2.05, 4.69) is 5.32 Å². The van der Waals surface area contributed by atoms with Gasteiger partial charge < -0.3 is 14.8 Å². The van der Waals surface area contributed by atoms with Crippen LogP contribution in [-0.4, -0.2) is 25.2 Å². The number of anilines is 1. The molecule has 3 rings (SSSR count). The van der Waals surface area contributed by atoms with Crippen LogP contribution in [0.25, 0.3) is 0 Å². The van der Waals surface area contributed by atoms with E-state index < -0.39 is 0 Å². The minimum Gasteiger partial charge on any atom is -0.491 e. The maximum absolute atomic E-state index is 12.1. The van der Waals surface area contributed by atoms with Crippen molar-refractivity contribution < 1.29 is 14.3 Å². The first-order valence-electron chi connectivity index (χ1n) is 8.08. The second-order valence-corrected chi connectivity index (χ2v) is 6.26. The summed E-state index contributed by atoms with van der Waals surface area (Å²) in [4.78, 5) is 12.1. The summed E-state index contributed by atoms with van der Waals surface area (Å²) in [6.07, 6.45) is 2.67. The molecule has 1 unspecified atom stereocenters. The lowest BCUT2D eigenvalue weighted by Gasteiger charge is -2.12. The second-order valence-electron chi connectivity index (χ2n) is 5.82. The van der Waals surface area contributed by atoms with E-state index in [9.17, 15) is 4.79 Å². The van der Waals surface area contributed by atoms with Crippen LogP contribution in [0.5, 0.6) is 5.75 Å². The minimum atomic E-state index is -0.0645. The van der Waals surface area contributed by atoms with Crippen molar-refractivity contribution in [2.45, 2.75) is 25.4 Å². The molecule has 4 nitrogen and oxygen atoms in total. The van der Waals surface area contributed by atoms with Crippen molar-refractivity contribution in [2.24, 2.45) is 0 Å². The maximum atomic E-state index is 12.1. The zero-order valence-electron chi connectivity index (χ0n) is 13.3. The Balaban J connectivity index is 1.47. The minimum absolute atomic E-state index is 0.0645. The van der Waals surface area contributed by atoms with E-state index in [0.717, 1.165) is 36.4 Å². The molecule has 1 N–H and O–H groups in total. The summed E-state index contributed by atoms with van der Waals surface area (Å²) in [5.41, 5.74) is 1.67. The predicted octanol–water partition coefficient (Wildman–Crippen LogP) is 4.08. The highest BCUT2D eigenvalue weighted by molar-refractivity contribution is 6.30. The Labute approximate surface area is 146 Å². The molecule has 1 fully saturated rings. The van der Waals surface area contributed by atoms with Crippen LogP contribution < -0.4 is 10.1 Å². The number of carbonyl (C=O) groups excluding carboxylic acids is 1. The number of benzene rings is 2. The molecule has 1 saturated heterocycles. The van der Waals surface area contributed by atoms with E-state index in [4.69, 9.17) is 21.1 Å². The zero-order valence-corrected chi connectivity index (χ0v) is 14.1. The molecule has 1 aliphatic heterocycles. The molecule has 2 aromatic rings. The Kier molecular flexibility index (Phi) is 5.72. The third kappa shape index (κ3) is 4.98. The summed E-state index contributed by atoms with van der Waals surface area (Å²) in [6.45, 7) is 1.40. The van der Waals surface area contributed by atoms with Crippen molar-refractivity contribution in [2.75, 3.05) is 18.5 Å². The molecule has 0 aromatic heterocycles. The van der Waals surface area contributed by atoms with Gasteiger partial charge in [-0.3, -0.25) is 4.79 Å². The average Bonchev–Trinajstić information content (AvgIpc) is 3.10. The molecule has 0 saturated carbocycles. The van der Waals surface area contributed by atoms with E-state index in [-0.39, 0.29) is 12.0 Å². The van der Waals surface area contributed by atoms with E-state index >= 15 is 0 Å². The fraction of sp³-hybridized carbons (Fsp3) is 0.316. The number of ether oxygens (including phenoxy) is 2. The van der Waals surface area contributed by atoms with Gasteiger partial charge in [0.2, 0.25) is 5.91 Å². The molecule has 0 aliphatic carbocycles. The summed E-state index contributed by atoms with van der Waals surface area (Å²) in [5.74, 6) is 0.714. The van der Waals surface area contributed by atoms with Gasteiger partial charge in [-0.15, -0.1) is 0 Å². The predicted molar refractivity (Wildman–Crippen MR) is 94.7 cm³/mol. The third-order valence-corrected chi connectivity index (χ3v) is 4.13. The number of hydrogen-bond donors (Lipinski definition) is 1. The normalized spacial score (nSPS) is 16.8. The molecule has 0 spiro atoms. The molecule has 1 heterocycles. The van der Waals surface area contributed by atoms with Gasteiger partial charge in [0.25, 0.3) is 0 Å². The van der Waals surface area contributed by atoms with Gasteiger partial charge in [0.15, 0.2) is 0 Å². The topological polar surface area (TPSA) is 47.6 Å². The van der Waals surface area contributed by atoms with Crippen molar-refractivity contribution in [3.63, 3.8) is 0 Å². The summed E-state index contributed by atoms with van der Waals surface area (Å²) in [5, 5.41) is 3.54. The van der Waals surface area contributed by atoms with Crippen LogP contribution in [0.4, 0.5) is 5.69 Å². The molecule has 24 heavy (non-hydrogen) atoms. The van der Waals surface area contributed by atoms with Gasteiger partial charge in [0.05, 0.1) is 12.5 Å². The Morgan fingerprint density at radius 3 is 2.58 bits per heavy atom. The van der Waals surface area contributed by atoms with Crippen LogP contribution in [0.1, 0.15) is 18.4 Å². The van der Waals surface area contributed by atoms with E-state index in [1.165, 1.54) is 0 Å². The lowest BCUT2D eigenvalue weighted by Crippen LogP contribution is -2.16. The molecule has 1 amide bonds. The average molecular weight is 346 g/mol. The summed E-state index contributed by atoms with van der Waals surface area (Å²) in [6, 6.07) is 14.7. The molecule has 2 aromatic carbocycles. The van der Waals surface area contributed by atoms with Crippen LogP contribution in [0, 0.1) is 0 Å². The quantitative estimate of drug-likeness (QED) is 0.858. The Morgan fingerprint density at radius 2 is 1.92 bits per heavy atom. The molecular weight excluding hydrogens is 326 g/mol. The molecular formula is C19H20ClNO3. The van der Waals surface area contributed by atoms with Gasteiger partial charge in [0.1, 0.15) is 12.4 Å². The summed E-state index contributed by atoms with van der Waals surface area (Å²) in [7, 11) is 0. The Bertz CT molecular complexity index is 664. The van der Waals surface area contributed by atoms with Gasteiger partial charge in [-0.2, -0.15) is 0 Å². The van der Waals surface area contributed by atoms with Crippen LogP contribution in [0.2, 0.25) is 5.02 Å². The van der Waals surface area contributed by atoms with E-state index in [1.807, 2.05) is 36.4 Å². The number of halogens is 1. The molecule has 0 bridgehead atoms. The van der Waals surface area contributed by atoms with Gasteiger partial charge >= 0.3 is 0 Å². The largest absolute Gasteiger partial charge is 0.491 e. The standard InChI is InChI=1S/C19H20ClNO3/c20-15-5-3-14(4-6-15)12-19(22)21-16-7-9-17(10-8-16)24-13-18-2-1-11-23-18/h3-10,18H,1-2,11-13H2,(H,21,22). The van der Waals surface area contributed by atoms with E-state index in [0.29, 0.717) is 18.1 Å². The maximum Gasteiger partial charge on any atom is 0.228 e. The monoisotopic (exact) mass is 345 g/mol. The van der Waals surface area contributed by atoms with Crippen molar-refractivity contribution in [3.8, 4) is 5.75 Å². The highest BCUT2D eigenvalue weighted by Crippen LogP contribution is 2.19.